The molecule has 0 saturated heterocycles. The minimum atomic E-state index is -1.08. The fourth-order valence-corrected chi connectivity index (χ4v) is 3.59. The summed E-state index contributed by atoms with van der Waals surface area (Å²) >= 11 is 5.23. The van der Waals surface area contributed by atoms with E-state index in [9.17, 15) is 14.4 Å². The number of hydrogen-bond acceptors (Lipinski definition) is 10. The van der Waals surface area contributed by atoms with Gasteiger partial charge in [0.1, 0.15) is 29.5 Å². The summed E-state index contributed by atoms with van der Waals surface area (Å²) in [5, 5.41) is 24.0. The molecule has 0 spiro atoms. The van der Waals surface area contributed by atoms with Crippen molar-refractivity contribution in [1.29, 1.82) is 0 Å². The van der Waals surface area contributed by atoms with Crippen LogP contribution in [-0.4, -0.2) is 57.9 Å². The number of hydrogen-bond donors (Lipinski definition) is 3. The van der Waals surface area contributed by atoms with Crippen LogP contribution >= 0.6 is 11.6 Å². The molecule has 11 heteroatoms. The standard InChI is InChI=1S/C16H16O3.C10H11ClO2.C9H10O3.C6H6O.CH4O.CH4/c1-13(18-12-14-8-4-2-5-9-14)16(17)19-15-10-6-3-7-11-15;1-8(10(11)12)13-7-9-5-3-2-4-6-9;1-7(10)9(11)12-8-5-3-2-4-6-8;7-6-4-2-1-3-5-6;1-2;/h2-11,13H,12H2,1H3;2-6,8H,7H2,1H3;2-7,10H,1H3;1-5,7H;2H,1H3;1H4. The molecule has 10 nitrogen and oxygen atoms in total. The van der Waals surface area contributed by atoms with Gasteiger partial charge in [0.2, 0.25) is 5.24 Å². The van der Waals surface area contributed by atoms with E-state index >= 15 is 0 Å². The highest BCUT2D eigenvalue weighted by molar-refractivity contribution is 6.64. The van der Waals surface area contributed by atoms with Crippen LogP contribution in [-0.2, 0) is 37.1 Å². The van der Waals surface area contributed by atoms with Crippen LogP contribution in [0.5, 0.6) is 17.2 Å². The number of halogens is 1. The summed E-state index contributed by atoms with van der Waals surface area (Å²) in [6.07, 6.45) is -2.22. The number of aromatic hydroxyl groups is 1. The maximum Gasteiger partial charge on any atom is 0.340 e. The van der Waals surface area contributed by atoms with E-state index in [1.165, 1.54) is 6.92 Å². The Morgan fingerprint density at radius 2 is 0.852 bits per heavy atom. The molecule has 0 aliphatic carbocycles. The van der Waals surface area contributed by atoms with Gasteiger partial charge < -0.3 is 34.3 Å². The van der Waals surface area contributed by atoms with Crippen molar-refractivity contribution in [1.82, 2.24) is 0 Å². The van der Waals surface area contributed by atoms with Crippen molar-refractivity contribution in [2.75, 3.05) is 7.11 Å². The molecule has 0 heterocycles. The molecule has 0 radical (unpaired) electrons. The number of phenols is 1. The molecule has 0 bridgehead atoms. The van der Waals surface area contributed by atoms with Crippen molar-refractivity contribution >= 4 is 28.8 Å². The number of esters is 2. The minimum absolute atomic E-state index is 0. The van der Waals surface area contributed by atoms with Crippen molar-refractivity contribution in [3.8, 4) is 17.2 Å². The molecule has 0 amide bonds. The van der Waals surface area contributed by atoms with Gasteiger partial charge in [0.15, 0.2) is 6.10 Å². The van der Waals surface area contributed by atoms with Gasteiger partial charge in [0, 0.05) is 7.11 Å². The van der Waals surface area contributed by atoms with Crippen molar-refractivity contribution in [2.45, 2.75) is 59.7 Å². The van der Waals surface area contributed by atoms with Crippen molar-refractivity contribution in [3.63, 3.8) is 0 Å². The Kier molecular flexibility index (Phi) is 27.1. The Morgan fingerprint density at radius 1 is 0.537 bits per heavy atom. The number of aliphatic hydroxyl groups excluding tert-OH is 2. The molecule has 5 aromatic rings. The largest absolute Gasteiger partial charge is 0.508 e. The van der Waals surface area contributed by atoms with Gasteiger partial charge in [0.05, 0.1) is 13.2 Å². The number of rotatable bonds is 11. The first kappa shape index (κ1) is 48.6. The monoisotopic (exact) mass is 762 g/mol. The molecule has 5 rings (SSSR count). The second-order valence-corrected chi connectivity index (χ2v) is 11.0. The van der Waals surface area contributed by atoms with Gasteiger partial charge in [-0.05, 0) is 79.9 Å². The Bertz CT molecular complexity index is 1660. The van der Waals surface area contributed by atoms with Gasteiger partial charge in [-0.2, -0.15) is 0 Å². The molecule has 0 aliphatic heterocycles. The summed E-state index contributed by atoms with van der Waals surface area (Å²) in [5.41, 5.74) is 2.06. The lowest BCUT2D eigenvalue weighted by atomic mass is 10.2. The minimum Gasteiger partial charge on any atom is -0.508 e. The summed E-state index contributed by atoms with van der Waals surface area (Å²) in [4.78, 5) is 33.2. The third kappa shape index (κ3) is 23.3. The SMILES string of the molecule is C.CC(O)C(=O)Oc1ccccc1.CC(OCc1ccccc1)C(=O)Cl.CC(OCc1ccccc1)C(=O)Oc1ccccc1.CO.Oc1ccccc1. The molecule has 0 saturated carbocycles. The van der Waals surface area contributed by atoms with Crippen molar-refractivity contribution in [3.05, 3.63) is 163 Å². The molecule has 5 aromatic carbocycles. The first-order chi connectivity index (χ1) is 25.5. The van der Waals surface area contributed by atoms with E-state index in [4.69, 9.17) is 45.9 Å². The molecule has 3 unspecified atom stereocenters. The number of phenolic OH excluding ortho intramolecular Hbond substituents is 1. The first-order valence-corrected chi connectivity index (χ1v) is 16.8. The maximum absolute atomic E-state index is 11.8. The normalized spacial score (nSPS) is 11.1. The lowest BCUT2D eigenvalue weighted by molar-refractivity contribution is -0.147. The predicted molar refractivity (Wildman–Crippen MR) is 211 cm³/mol. The van der Waals surface area contributed by atoms with Gasteiger partial charge in [-0.15, -0.1) is 0 Å². The van der Waals surface area contributed by atoms with E-state index in [-0.39, 0.29) is 13.4 Å². The zero-order valence-corrected chi connectivity index (χ0v) is 30.9. The topological polar surface area (TPSA) is 149 Å². The average molecular weight is 763 g/mol. The Balaban J connectivity index is 0.000000711. The van der Waals surface area contributed by atoms with Crippen LogP contribution in [0, 0.1) is 0 Å². The van der Waals surface area contributed by atoms with E-state index in [2.05, 4.69) is 0 Å². The number of aliphatic hydroxyl groups is 2. The predicted octanol–water partition coefficient (Wildman–Crippen LogP) is 8.16. The van der Waals surface area contributed by atoms with Crippen LogP contribution < -0.4 is 9.47 Å². The molecule has 0 fully saturated rings. The highest BCUT2D eigenvalue weighted by Gasteiger charge is 2.16. The smallest absolute Gasteiger partial charge is 0.340 e. The molecule has 3 atom stereocenters. The van der Waals surface area contributed by atoms with Crippen LogP contribution in [0.25, 0.3) is 0 Å². The maximum atomic E-state index is 11.8. The van der Waals surface area contributed by atoms with Gasteiger partial charge in [-0.25, -0.2) is 9.59 Å². The molecule has 290 valence electrons. The zero-order valence-electron chi connectivity index (χ0n) is 30.2. The van der Waals surface area contributed by atoms with Gasteiger partial charge >= 0.3 is 11.9 Å². The highest BCUT2D eigenvalue weighted by atomic mass is 35.5. The van der Waals surface area contributed by atoms with Gasteiger partial charge in [0.25, 0.3) is 0 Å². The van der Waals surface area contributed by atoms with E-state index < -0.39 is 29.5 Å². The second kappa shape index (κ2) is 30.1. The number of ether oxygens (including phenoxy) is 4. The first-order valence-electron chi connectivity index (χ1n) is 16.5. The molecule has 0 aliphatic rings. The van der Waals surface area contributed by atoms with Crippen LogP contribution in [0.3, 0.4) is 0 Å². The van der Waals surface area contributed by atoms with Crippen LogP contribution in [0.4, 0.5) is 0 Å². The third-order valence-corrected chi connectivity index (χ3v) is 6.67. The van der Waals surface area contributed by atoms with Crippen LogP contribution in [0.15, 0.2) is 152 Å². The lowest BCUT2D eigenvalue weighted by Gasteiger charge is -2.12. The average Bonchev–Trinajstić information content (AvgIpc) is 3.19. The summed E-state index contributed by atoms with van der Waals surface area (Å²) in [5.74, 6) is 0.275. The number of carbonyl (C=O) groups is 3. The Morgan fingerprint density at radius 3 is 1.17 bits per heavy atom. The van der Waals surface area contributed by atoms with Crippen molar-refractivity contribution in [2.24, 2.45) is 0 Å². The molecular weight excluding hydrogens is 712 g/mol. The lowest BCUT2D eigenvalue weighted by Crippen LogP contribution is -2.25. The fourth-order valence-electron chi connectivity index (χ4n) is 3.53. The van der Waals surface area contributed by atoms with Gasteiger partial charge in [-0.1, -0.05) is 123 Å². The summed E-state index contributed by atoms with van der Waals surface area (Å²) in [7, 11) is 1.00. The summed E-state index contributed by atoms with van der Waals surface area (Å²) in [6, 6.07) is 45.7. The van der Waals surface area contributed by atoms with E-state index in [1.807, 2.05) is 91.0 Å². The fraction of sp³-hybridized carbons (Fsp3) is 0.233. The third-order valence-electron chi connectivity index (χ3n) is 6.36. The number of para-hydroxylation sites is 3. The highest BCUT2D eigenvalue weighted by Crippen LogP contribution is 2.12. The summed E-state index contributed by atoms with van der Waals surface area (Å²) < 4.78 is 20.7. The van der Waals surface area contributed by atoms with E-state index in [0.29, 0.717) is 30.5 Å². The number of carbonyl (C=O) groups excluding carboxylic acids is 3. The van der Waals surface area contributed by atoms with E-state index in [0.717, 1.165) is 18.2 Å². The molecule has 0 aromatic heterocycles. The van der Waals surface area contributed by atoms with Crippen molar-refractivity contribution < 1.29 is 48.7 Å². The summed E-state index contributed by atoms with van der Waals surface area (Å²) in [6.45, 7) is 5.50. The van der Waals surface area contributed by atoms with Crippen LogP contribution in [0.2, 0.25) is 0 Å². The number of benzene rings is 5. The zero-order chi connectivity index (χ0) is 39.3. The van der Waals surface area contributed by atoms with E-state index in [1.54, 1.807) is 74.5 Å². The quantitative estimate of drug-likeness (QED) is 0.0684. The molecular formula is C43H51ClO10. The van der Waals surface area contributed by atoms with Gasteiger partial charge in [-0.3, -0.25) is 4.79 Å². The Hall–Kier alpha value is -5.36. The van der Waals surface area contributed by atoms with Crippen LogP contribution in [0.1, 0.15) is 39.3 Å². The second-order valence-electron chi connectivity index (χ2n) is 10.7. The Labute approximate surface area is 323 Å². The molecule has 3 N–H and O–H groups in total. The molecule has 54 heavy (non-hydrogen) atoms.